The van der Waals surface area contributed by atoms with Gasteiger partial charge in [0.05, 0.1) is 0 Å². The zero-order valence-corrected chi connectivity index (χ0v) is 14.3. The fourth-order valence-electron chi connectivity index (χ4n) is 3.51. The number of likely N-dealkylation sites (tertiary alicyclic amines) is 1. The van der Waals surface area contributed by atoms with Crippen LogP contribution in [0.15, 0.2) is 30.3 Å². The van der Waals surface area contributed by atoms with E-state index in [2.05, 4.69) is 47.1 Å². The van der Waals surface area contributed by atoms with Crippen LogP contribution in [0.2, 0.25) is 0 Å². The maximum Gasteiger partial charge on any atom is 0.303 e. The van der Waals surface area contributed by atoms with E-state index < -0.39 is 5.97 Å². The van der Waals surface area contributed by atoms with Gasteiger partial charge in [-0.05, 0) is 50.9 Å². The number of carbonyl (C=O) groups is 1. The summed E-state index contributed by atoms with van der Waals surface area (Å²) in [7, 11) is 0. The number of carboxylic acids is 1. The number of hydrogen-bond acceptors (Lipinski definition) is 3. The van der Waals surface area contributed by atoms with E-state index in [0.717, 1.165) is 39.0 Å². The highest BCUT2D eigenvalue weighted by molar-refractivity contribution is 5.66. The zero-order chi connectivity index (χ0) is 16.5. The molecule has 0 aliphatic carbocycles. The van der Waals surface area contributed by atoms with E-state index in [0.29, 0.717) is 6.04 Å². The van der Waals surface area contributed by atoms with Crippen LogP contribution in [0.5, 0.6) is 0 Å². The number of benzene rings is 1. The van der Waals surface area contributed by atoms with Crippen LogP contribution in [0.1, 0.15) is 44.6 Å². The maximum atomic E-state index is 10.7. The molecule has 4 heteroatoms. The first-order valence-corrected chi connectivity index (χ1v) is 8.91. The minimum Gasteiger partial charge on any atom is -0.481 e. The number of rotatable bonds is 9. The molecule has 0 saturated carbocycles. The van der Waals surface area contributed by atoms with Crippen LogP contribution in [0, 0.1) is 0 Å². The molecule has 0 bridgehead atoms. The van der Waals surface area contributed by atoms with Gasteiger partial charge in [0.1, 0.15) is 0 Å². The average molecular weight is 318 g/mol. The van der Waals surface area contributed by atoms with E-state index >= 15 is 0 Å². The lowest BCUT2D eigenvalue weighted by molar-refractivity contribution is -0.137. The van der Waals surface area contributed by atoms with Gasteiger partial charge in [-0.3, -0.25) is 14.6 Å². The molecule has 1 atom stereocenters. The molecule has 23 heavy (non-hydrogen) atoms. The van der Waals surface area contributed by atoms with Crippen LogP contribution < -0.4 is 0 Å². The molecule has 0 aromatic heterocycles. The van der Waals surface area contributed by atoms with Gasteiger partial charge in [-0.2, -0.15) is 0 Å². The molecule has 128 valence electrons. The van der Waals surface area contributed by atoms with Crippen LogP contribution in [0.25, 0.3) is 0 Å². The molecule has 4 nitrogen and oxygen atoms in total. The molecule has 0 spiro atoms. The highest BCUT2D eigenvalue weighted by atomic mass is 16.4. The Morgan fingerprint density at radius 2 is 2.09 bits per heavy atom. The third kappa shape index (κ3) is 6.32. The van der Waals surface area contributed by atoms with Crippen molar-refractivity contribution >= 4 is 5.97 Å². The maximum absolute atomic E-state index is 10.7. The van der Waals surface area contributed by atoms with Crippen LogP contribution in [0.3, 0.4) is 0 Å². The number of piperidine rings is 1. The Bertz CT molecular complexity index is 464. The minimum absolute atomic E-state index is 0.278. The molecular weight excluding hydrogens is 288 g/mol. The van der Waals surface area contributed by atoms with Crippen molar-refractivity contribution in [3.05, 3.63) is 35.9 Å². The zero-order valence-electron chi connectivity index (χ0n) is 14.3. The monoisotopic (exact) mass is 318 g/mol. The summed E-state index contributed by atoms with van der Waals surface area (Å²) >= 11 is 0. The van der Waals surface area contributed by atoms with E-state index in [9.17, 15) is 4.79 Å². The standard InChI is InChI=1S/C19H30N2O2/c1-2-12-21(14-7-11-19(22)23)18-10-6-13-20(16-18)15-17-8-4-3-5-9-17/h3-5,8-9,18H,2,6-7,10-16H2,1H3,(H,22,23). The lowest BCUT2D eigenvalue weighted by atomic mass is 10.0. The number of nitrogens with zero attached hydrogens (tertiary/aromatic N) is 2. The van der Waals surface area contributed by atoms with Crippen molar-refractivity contribution in [3.63, 3.8) is 0 Å². The average Bonchev–Trinajstić information content (AvgIpc) is 2.55. The van der Waals surface area contributed by atoms with Gasteiger partial charge >= 0.3 is 5.97 Å². The summed E-state index contributed by atoms with van der Waals surface area (Å²) in [5.74, 6) is -0.684. The van der Waals surface area contributed by atoms with Crippen LogP contribution in [-0.2, 0) is 11.3 Å². The van der Waals surface area contributed by atoms with E-state index in [1.807, 2.05) is 0 Å². The quantitative estimate of drug-likeness (QED) is 0.759. The van der Waals surface area contributed by atoms with Crippen molar-refractivity contribution in [2.75, 3.05) is 26.2 Å². The van der Waals surface area contributed by atoms with Gasteiger partial charge in [-0.15, -0.1) is 0 Å². The SMILES string of the molecule is CCCN(CCCC(=O)O)C1CCCN(Cc2ccccc2)C1. The smallest absolute Gasteiger partial charge is 0.303 e. The molecule has 1 unspecified atom stereocenters. The molecule has 1 fully saturated rings. The van der Waals surface area contributed by atoms with Gasteiger partial charge in [-0.25, -0.2) is 0 Å². The predicted octanol–water partition coefficient (Wildman–Crippen LogP) is 3.23. The third-order valence-electron chi connectivity index (χ3n) is 4.59. The van der Waals surface area contributed by atoms with E-state index in [1.165, 1.54) is 24.9 Å². The molecule has 1 aromatic rings. The highest BCUT2D eigenvalue weighted by Crippen LogP contribution is 2.19. The van der Waals surface area contributed by atoms with Gasteiger partial charge in [0, 0.05) is 25.6 Å². The summed E-state index contributed by atoms with van der Waals surface area (Å²) in [6.07, 6.45) is 4.63. The molecule has 0 radical (unpaired) electrons. The summed E-state index contributed by atoms with van der Waals surface area (Å²) < 4.78 is 0. The topological polar surface area (TPSA) is 43.8 Å². The van der Waals surface area contributed by atoms with E-state index in [4.69, 9.17) is 5.11 Å². The van der Waals surface area contributed by atoms with Crippen LogP contribution in [-0.4, -0.2) is 53.1 Å². The normalized spacial score (nSPS) is 19.1. The van der Waals surface area contributed by atoms with Crippen LogP contribution in [0.4, 0.5) is 0 Å². The Morgan fingerprint density at radius 3 is 2.78 bits per heavy atom. The van der Waals surface area contributed by atoms with Gasteiger partial charge < -0.3 is 5.11 Å². The predicted molar refractivity (Wildman–Crippen MR) is 93.5 cm³/mol. The molecule has 1 heterocycles. The van der Waals surface area contributed by atoms with Gasteiger partial charge in [-0.1, -0.05) is 37.3 Å². The Balaban J connectivity index is 1.87. The van der Waals surface area contributed by atoms with Crippen LogP contribution >= 0.6 is 0 Å². The Hall–Kier alpha value is -1.39. The Morgan fingerprint density at radius 1 is 1.30 bits per heavy atom. The largest absolute Gasteiger partial charge is 0.481 e. The second-order valence-corrected chi connectivity index (χ2v) is 6.55. The Kier molecular flexibility index (Phi) is 7.56. The van der Waals surface area contributed by atoms with Crippen molar-refractivity contribution < 1.29 is 9.90 Å². The summed E-state index contributed by atoms with van der Waals surface area (Å²) in [6.45, 7) is 7.47. The summed E-state index contributed by atoms with van der Waals surface area (Å²) in [6, 6.07) is 11.2. The molecule has 0 amide bonds. The molecule has 1 aliphatic heterocycles. The second kappa shape index (κ2) is 9.68. The summed E-state index contributed by atoms with van der Waals surface area (Å²) in [5, 5.41) is 8.85. The van der Waals surface area contributed by atoms with Gasteiger partial charge in [0.2, 0.25) is 0 Å². The summed E-state index contributed by atoms with van der Waals surface area (Å²) in [5.41, 5.74) is 1.38. The molecule has 2 rings (SSSR count). The van der Waals surface area contributed by atoms with E-state index in [-0.39, 0.29) is 6.42 Å². The molecular formula is C19H30N2O2. The van der Waals surface area contributed by atoms with Crippen molar-refractivity contribution in [1.82, 2.24) is 9.80 Å². The number of hydrogen-bond donors (Lipinski definition) is 1. The molecule has 1 aliphatic rings. The van der Waals surface area contributed by atoms with E-state index in [1.54, 1.807) is 0 Å². The lowest BCUT2D eigenvalue weighted by Crippen LogP contribution is -2.48. The third-order valence-corrected chi connectivity index (χ3v) is 4.59. The molecule has 1 N–H and O–H groups in total. The Labute approximate surface area is 140 Å². The van der Waals surface area contributed by atoms with Crippen molar-refractivity contribution in [1.29, 1.82) is 0 Å². The molecule has 1 aromatic carbocycles. The number of aliphatic carboxylic acids is 1. The fraction of sp³-hybridized carbons (Fsp3) is 0.632. The first-order valence-electron chi connectivity index (χ1n) is 8.91. The second-order valence-electron chi connectivity index (χ2n) is 6.55. The first kappa shape index (κ1) is 18.0. The fourth-order valence-corrected chi connectivity index (χ4v) is 3.51. The van der Waals surface area contributed by atoms with Gasteiger partial charge in [0.15, 0.2) is 0 Å². The van der Waals surface area contributed by atoms with Gasteiger partial charge in [0.25, 0.3) is 0 Å². The van der Waals surface area contributed by atoms with Crippen molar-refractivity contribution in [3.8, 4) is 0 Å². The summed E-state index contributed by atoms with van der Waals surface area (Å²) in [4.78, 5) is 15.8. The highest BCUT2D eigenvalue weighted by Gasteiger charge is 2.24. The molecule has 1 saturated heterocycles. The van der Waals surface area contributed by atoms with Crippen molar-refractivity contribution in [2.45, 2.75) is 51.6 Å². The lowest BCUT2D eigenvalue weighted by Gasteiger charge is -2.39. The first-order chi connectivity index (χ1) is 11.2. The minimum atomic E-state index is -0.684. The number of carboxylic acid groups (broad SMARTS) is 1. The van der Waals surface area contributed by atoms with Crippen molar-refractivity contribution in [2.24, 2.45) is 0 Å².